The van der Waals surface area contributed by atoms with E-state index in [1.807, 2.05) is 73.0 Å². The molecule has 7 heteroatoms. The third kappa shape index (κ3) is 7.35. The van der Waals surface area contributed by atoms with Crippen LogP contribution in [0.15, 0.2) is 73.1 Å². The van der Waals surface area contributed by atoms with Crippen LogP contribution >= 0.6 is 11.8 Å². The van der Waals surface area contributed by atoms with Gasteiger partial charge >= 0.3 is 35.5 Å². The first kappa shape index (κ1) is 25.9. The van der Waals surface area contributed by atoms with Gasteiger partial charge in [-0.1, -0.05) is 54.6 Å². The average Bonchev–Trinajstić information content (AvgIpc) is 2.81. The largest absolute Gasteiger partial charge is 1.00 e. The molecule has 160 valence electrons. The summed E-state index contributed by atoms with van der Waals surface area (Å²) in [7, 11) is 0. The number of thioether (sulfide) groups is 1. The fourth-order valence-corrected chi connectivity index (χ4v) is 3.59. The molecule has 0 spiro atoms. The Morgan fingerprint density at radius 1 is 1.09 bits per heavy atom. The maximum absolute atomic E-state index is 13.0. The van der Waals surface area contributed by atoms with Crippen LogP contribution in [0.1, 0.15) is 29.3 Å². The average molecular weight is 457 g/mol. The Bertz CT molecular complexity index is 1070. The van der Waals surface area contributed by atoms with Gasteiger partial charge in [-0.15, -0.1) is 0 Å². The minimum Gasteiger partial charge on any atom is -1.00 e. The normalized spacial score (nSPS) is 11.5. The summed E-state index contributed by atoms with van der Waals surface area (Å²) >= 11 is 1.55. The van der Waals surface area contributed by atoms with Gasteiger partial charge in [-0.25, -0.2) is 4.79 Å². The molecule has 0 bridgehead atoms. The van der Waals surface area contributed by atoms with Crippen molar-refractivity contribution in [2.45, 2.75) is 12.5 Å². The summed E-state index contributed by atoms with van der Waals surface area (Å²) in [5.74, 6) is -0.768. The van der Waals surface area contributed by atoms with E-state index < -0.39 is 17.9 Å². The number of pyridine rings is 1. The van der Waals surface area contributed by atoms with Crippen LogP contribution < -0.4 is 34.9 Å². The van der Waals surface area contributed by atoms with Crippen LogP contribution in [-0.2, 0) is 4.79 Å². The minimum atomic E-state index is -1.03. The molecule has 0 saturated carbocycles. The van der Waals surface area contributed by atoms with E-state index in [0.717, 1.165) is 22.3 Å². The fourth-order valence-electron chi connectivity index (χ4n) is 3.12. The Morgan fingerprint density at radius 2 is 1.84 bits per heavy atom. The standard InChI is InChI=1S/C25H24N2O3S.Na.H/c1-31-15-13-23(25(29)30)27-24(28)21-12-11-18(9-10-19-6-5-14-26-17-19)16-22(21)20-7-3-2-4-8-20;;/h2-12,14,16-17,23H,13,15H2,1H3,(H,27,28)(H,29,30);;/q;+1;-1. The van der Waals surface area contributed by atoms with Crippen LogP contribution in [0.2, 0.25) is 0 Å². The molecule has 0 aliphatic carbocycles. The molecule has 0 saturated heterocycles. The van der Waals surface area contributed by atoms with Crippen molar-refractivity contribution < 1.29 is 45.7 Å². The quantitative estimate of drug-likeness (QED) is 0.482. The molecule has 3 rings (SSSR count). The van der Waals surface area contributed by atoms with E-state index in [1.54, 1.807) is 30.2 Å². The van der Waals surface area contributed by atoms with Gasteiger partial charge in [0, 0.05) is 18.0 Å². The number of nitrogens with one attached hydrogen (secondary N) is 1. The fraction of sp³-hybridized carbons (Fsp3) is 0.160. The van der Waals surface area contributed by atoms with Gasteiger partial charge in [-0.2, -0.15) is 11.8 Å². The van der Waals surface area contributed by atoms with Crippen LogP contribution in [0.5, 0.6) is 0 Å². The van der Waals surface area contributed by atoms with Crippen LogP contribution in [-0.4, -0.2) is 40.0 Å². The van der Waals surface area contributed by atoms with Crippen molar-refractivity contribution in [2.75, 3.05) is 12.0 Å². The van der Waals surface area contributed by atoms with Gasteiger partial charge in [0.05, 0.1) is 0 Å². The second-order valence-electron chi connectivity index (χ2n) is 6.94. The molecular weight excluding hydrogens is 431 g/mol. The number of aliphatic carboxylic acids is 1. The number of carboxylic acid groups (broad SMARTS) is 1. The molecular formula is C25H25N2NaO3S. The Labute approximate surface area is 216 Å². The Balaban J connectivity index is 0.00000272. The molecule has 1 aromatic heterocycles. The van der Waals surface area contributed by atoms with Gasteiger partial charge in [-0.05, 0) is 58.9 Å². The first-order chi connectivity index (χ1) is 15.1. The Hall–Kier alpha value is -2.38. The molecule has 1 amide bonds. The molecule has 3 aromatic rings. The van der Waals surface area contributed by atoms with Gasteiger partial charge in [0.1, 0.15) is 6.04 Å². The molecule has 1 heterocycles. The minimum absolute atomic E-state index is 0. The van der Waals surface area contributed by atoms with Gasteiger partial charge in [-0.3, -0.25) is 9.78 Å². The van der Waals surface area contributed by atoms with Crippen LogP contribution in [0, 0.1) is 0 Å². The summed E-state index contributed by atoms with van der Waals surface area (Å²) in [4.78, 5) is 28.7. The molecule has 5 nitrogen and oxygen atoms in total. The number of rotatable bonds is 9. The number of benzene rings is 2. The summed E-state index contributed by atoms with van der Waals surface area (Å²) in [6, 6.07) is 18.1. The van der Waals surface area contributed by atoms with Crippen LogP contribution in [0.4, 0.5) is 0 Å². The van der Waals surface area contributed by atoms with Gasteiger partial charge in [0.25, 0.3) is 5.91 Å². The van der Waals surface area contributed by atoms with Crippen molar-refractivity contribution in [1.82, 2.24) is 10.3 Å². The maximum Gasteiger partial charge on any atom is 1.00 e. The molecule has 0 aliphatic heterocycles. The molecule has 0 fully saturated rings. The zero-order chi connectivity index (χ0) is 22.1. The van der Waals surface area contributed by atoms with E-state index >= 15 is 0 Å². The molecule has 32 heavy (non-hydrogen) atoms. The third-order valence-corrected chi connectivity index (χ3v) is 5.38. The first-order valence-corrected chi connectivity index (χ1v) is 11.3. The summed E-state index contributed by atoms with van der Waals surface area (Å²) in [6.07, 6.45) is 9.70. The molecule has 1 atom stereocenters. The molecule has 2 N–H and O–H groups in total. The van der Waals surface area contributed by atoms with Gasteiger partial charge in [0.15, 0.2) is 0 Å². The molecule has 0 aliphatic rings. The van der Waals surface area contributed by atoms with E-state index in [9.17, 15) is 14.7 Å². The summed E-state index contributed by atoms with van der Waals surface area (Å²) in [6.45, 7) is 0. The Morgan fingerprint density at radius 3 is 2.50 bits per heavy atom. The number of carboxylic acids is 1. The number of aromatic nitrogens is 1. The van der Waals surface area contributed by atoms with Crippen molar-refractivity contribution in [3.63, 3.8) is 0 Å². The van der Waals surface area contributed by atoms with Crippen molar-refractivity contribution in [1.29, 1.82) is 0 Å². The number of amides is 1. The Kier molecular flexibility index (Phi) is 10.7. The smallest absolute Gasteiger partial charge is 1.00 e. The monoisotopic (exact) mass is 456 g/mol. The summed E-state index contributed by atoms with van der Waals surface area (Å²) < 4.78 is 0. The van der Waals surface area contributed by atoms with E-state index in [4.69, 9.17) is 0 Å². The SMILES string of the molecule is CSCCC(NC(=O)c1ccc(C=Cc2cccnc2)cc1-c1ccccc1)C(=O)O.[H-].[Na+]. The van der Waals surface area contributed by atoms with Crippen molar-refractivity contribution >= 4 is 35.8 Å². The van der Waals surface area contributed by atoms with Crippen LogP contribution in [0.3, 0.4) is 0 Å². The van der Waals surface area contributed by atoms with E-state index in [1.165, 1.54) is 0 Å². The zero-order valence-corrected chi connectivity index (χ0v) is 21.0. The number of nitrogens with zero attached hydrogens (tertiary/aromatic N) is 1. The van der Waals surface area contributed by atoms with Gasteiger partial charge < -0.3 is 11.8 Å². The predicted molar refractivity (Wildman–Crippen MR) is 128 cm³/mol. The van der Waals surface area contributed by atoms with Crippen molar-refractivity contribution in [3.05, 3.63) is 89.7 Å². The molecule has 2 aromatic carbocycles. The second kappa shape index (κ2) is 13.2. The summed E-state index contributed by atoms with van der Waals surface area (Å²) in [5.41, 5.74) is 3.99. The molecule has 1 unspecified atom stereocenters. The van der Waals surface area contributed by atoms with Crippen molar-refractivity contribution in [3.8, 4) is 11.1 Å². The maximum atomic E-state index is 13.0. The number of carbonyl (C=O) groups excluding carboxylic acids is 1. The number of carbonyl (C=O) groups is 2. The predicted octanol–water partition coefficient (Wildman–Crippen LogP) is 1.97. The van der Waals surface area contributed by atoms with Crippen LogP contribution in [0.25, 0.3) is 23.3 Å². The third-order valence-electron chi connectivity index (χ3n) is 4.74. The van der Waals surface area contributed by atoms with E-state index in [0.29, 0.717) is 17.7 Å². The summed E-state index contributed by atoms with van der Waals surface area (Å²) in [5, 5.41) is 12.1. The first-order valence-electron chi connectivity index (χ1n) is 9.88. The van der Waals surface area contributed by atoms with Gasteiger partial charge in [0.2, 0.25) is 0 Å². The van der Waals surface area contributed by atoms with E-state index in [2.05, 4.69) is 10.3 Å². The number of hydrogen-bond acceptors (Lipinski definition) is 4. The van der Waals surface area contributed by atoms with E-state index in [-0.39, 0.29) is 31.0 Å². The topological polar surface area (TPSA) is 79.3 Å². The molecule has 0 radical (unpaired) electrons. The van der Waals surface area contributed by atoms with Crippen molar-refractivity contribution in [2.24, 2.45) is 0 Å². The zero-order valence-electron chi connectivity index (χ0n) is 19.2. The second-order valence-corrected chi connectivity index (χ2v) is 7.92. The number of hydrogen-bond donors (Lipinski definition) is 2.